The zero-order chi connectivity index (χ0) is 14.5. The lowest BCUT2D eigenvalue weighted by Crippen LogP contribution is -2.06. The summed E-state index contributed by atoms with van der Waals surface area (Å²) in [4.78, 5) is 4.44. The Hall–Kier alpha value is -2.54. The zero-order valence-corrected chi connectivity index (χ0v) is 11.9. The summed E-state index contributed by atoms with van der Waals surface area (Å²) in [6.45, 7) is 4.61. The van der Waals surface area contributed by atoms with Gasteiger partial charge in [0.2, 0.25) is 0 Å². The van der Waals surface area contributed by atoms with Crippen molar-refractivity contribution in [3.8, 4) is 11.8 Å². The van der Waals surface area contributed by atoms with Crippen molar-refractivity contribution in [2.45, 2.75) is 20.4 Å². The van der Waals surface area contributed by atoms with E-state index in [1.54, 1.807) is 19.2 Å². The maximum absolute atomic E-state index is 8.76. The average molecular weight is 267 g/mol. The van der Waals surface area contributed by atoms with Gasteiger partial charge in [-0.2, -0.15) is 5.26 Å². The van der Waals surface area contributed by atoms with E-state index in [1.807, 2.05) is 32.2 Å². The van der Waals surface area contributed by atoms with Gasteiger partial charge in [0.05, 0.1) is 31.0 Å². The maximum atomic E-state index is 8.76. The van der Waals surface area contributed by atoms with Gasteiger partial charge in [-0.15, -0.1) is 0 Å². The van der Waals surface area contributed by atoms with E-state index in [4.69, 9.17) is 10.00 Å². The summed E-state index contributed by atoms with van der Waals surface area (Å²) >= 11 is 0. The molecule has 4 nitrogen and oxygen atoms in total. The van der Waals surface area contributed by atoms with E-state index in [0.717, 1.165) is 28.3 Å². The van der Waals surface area contributed by atoms with Gasteiger partial charge in [0, 0.05) is 23.0 Å². The zero-order valence-electron chi connectivity index (χ0n) is 11.9. The molecule has 102 valence electrons. The Balaban J connectivity index is 2.13. The Morgan fingerprint density at radius 1 is 1.25 bits per heavy atom. The van der Waals surface area contributed by atoms with Crippen LogP contribution in [0.4, 0.5) is 5.69 Å². The summed E-state index contributed by atoms with van der Waals surface area (Å²) in [6.07, 6.45) is 1.82. The largest absolute Gasteiger partial charge is 0.496 e. The minimum absolute atomic E-state index is 0.619. The molecule has 4 heteroatoms. The second kappa shape index (κ2) is 6.07. The highest BCUT2D eigenvalue weighted by atomic mass is 16.5. The number of hydrogen-bond acceptors (Lipinski definition) is 4. The molecule has 0 aliphatic rings. The molecule has 1 aromatic carbocycles. The van der Waals surface area contributed by atoms with Crippen molar-refractivity contribution in [2.75, 3.05) is 12.4 Å². The second-order valence-electron chi connectivity index (χ2n) is 4.59. The fraction of sp³-hybridized carbons (Fsp3) is 0.250. The van der Waals surface area contributed by atoms with E-state index in [2.05, 4.69) is 16.4 Å². The third-order valence-corrected chi connectivity index (χ3v) is 3.22. The van der Waals surface area contributed by atoms with E-state index in [9.17, 15) is 0 Å². The van der Waals surface area contributed by atoms with Gasteiger partial charge >= 0.3 is 0 Å². The predicted molar refractivity (Wildman–Crippen MR) is 78.7 cm³/mol. The predicted octanol–water partition coefficient (Wildman–Crippen LogP) is 3.19. The van der Waals surface area contributed by atoms with E-state index < -0.39 is 0 Å². The monoisotopic (exact) mass is 267 g/mol. The molecule has 0 fully saturated rings. The van der Waals surface area contributed by atoms with Gasteiger partial charge in [-0.1, -0.05) is 0 Å². The molecule has 0 amide bonds. The lowest BCUT2D eigenvalue weighted by molar-refractivity contribution is 0.407. The molecule has 1 heterocycles. The number of methoxy groups -OCH3 is 1. The molecule has 0 saturated carbocycles. The van der Waals surface area contributed by atoms with Crippen LogP contribution in [0.5, 0.6) is 5.75 Å². The standard InChI is InChI=1S/C16H17N3O/c1-11-9-19-15(12(2)16(11)20-3)10-18-14-6-4-13(8-17)5-7-14/h4-7,9,18H,10H2,1-3H3. The van der Waals surface area contributed by atoms with Gasteiger partial charge in [-0.3, -0.25) is 4.98 Å². The van der Waals surface area contributed by atoms with Crippen LogP contribution < -0.4 is 10.1 Å². The highest BCUT2D eigenvalue weighted by Gasteiger charge is 2.09. The smallest absolute Gasteiger partial charge is 0.128 e. The molecule has 1 aromatic heterocycles. The molecule has 0 aliphatic carbocycles. The van der Waals surface area contributed by atoms with Crippen LogP contribution in [-0.4, -0.2) is 12.1 Å². The summed E-state index contributed by atoms with van der Waals surface area (Å²) < 4.78 is 5.39. The fourth-order valence-corrected chi connectivity index (χ4v) is 2.10. The number of benzene rings is 1. The van der Waals surface area contributed by atoms with Crippen LogP contribution in [0.1, 0.15) is 22.4 Å². The number of rotatable bonds is 4. The van der Waals surface area contributed by atoms with Crippen molar-refractivity contribution in [3.05, 3.63) is 52.8 Å². The summed E-state index contributed by atoms with van der Waals surface area (Å²) in [5, 5.41) is 12.1. The Morgan fingerprint density at radius 3 is 2.55 bits per heavy atom. The fourth-order valence-electron chi connectivity index (χ4n) is 2.10. The van der Waals surface area contributed by atoms with Crippen LogP contribution in [-0.2, 0) is 6.54 Å². The molecular formula is C16H17N3O. The molecule has 2 rings (SSSR count). The normalized spacial score (nSPS) is 9.90. The highest BCUT2D eigenvalue weighted by molar-refractivity contribution is 5.48. The topological polar surface area (TPSA) is 57.9 Å². The molecule has 0 atom stereocenters. The number of aryl methyl sites for hydroxylation is 1. The average Bonchev–Trinajstić information content (AvgIpc) is 2.47. The first kappa shape index (κ1) is 13.9. The van der Waals surface area contributed by atoms with Crippen LogP contribution in [0.3, 0.4) is 0 Å². The molecule has 2 aromatic rings. The number of nitrogens with zero attached hydrogens (tertiary/aromatic N) is 2. The van der Waals surface area contributed by atoms with Crippen LogP contribution in [0.2, 0.25) is 0 Å². The van der Waals surface area contributed by atoms with Crippen molar-refractivity contribution in [1.82, 2.24) is 4.98 Å². The van der Waals surface area contributed by atoms with Crippen molar-refractivity contribution in [1.29, 1.82) is 5.26 Å². The minimum Gasteiger partial charge on any atom is -0.496 e. The number of nitriles is 1. The molecular weight excluding hydrogens is 250 g/mol. The van der Waals surface area contributed by atoms with E-state index in [-0.39, 0.29) is 0 Å². The molecule has 0 unspecified atom stereocenters. The van der Waals surface area contributed by atoms with Crippen LogP contribution in [0.25, 0.3) is 0 Å². The van der Waals surface area contributed by atoms with Gasteiger partial charge in [0.1, 0.15) is 5.75 Å². The number of pyridine rings is 1. The Bertz CT molecular complexity index is 642. The second-order valence-corrected chi connectivity index (χ2v) is 4.59. The van der Waals surface area contributed by atoms with Crippen LogP contribution in [0, 0.1) is 25.2 Å². The lowest BCUT2D eigenvalue weighted by Gasteiger charge is -2.13. The summed E-state index contributed by atoms with van der Waals surface area (Å²) in [5.74, 6) is 0.886. The van der Waals surface area contributed by atoms with Gasteiger partial charge < -0.3 is 10.1 Å². The molecule has 20 heavy (non-hydrogen) atoms. The van der Waals surface area contributed by atoms with E-state index in [0.29, 0.717) is 12.1 Å². The van der Waals surface area contributed by atoms with Crippen molar-refractivity contribution < 1.29 is 4.74 Å². The van der Waals surface area contributed by atoms with Crippen molar-refractivity contribution in [3.63, 3.8) is 0 Å². The number of anilines is 1. The summed E-state index contributed by atoms with van der Waals surface area (Å²) in [5.41, 5.74) is 4.66. The first-order valence-corrected chi connectivity index (χ1v) is 6.38. The van der Waals surface area contributed by atoms with Gasteiger partial charge in [-0.05, 0) is 38.1 Å². The highest BCUT2D eigenvalue weighted by Crippen LogP contribution is 2.24. The quantitative estimate of drug-likeness (QED) is 0.924. The van der Waals surface area contributed by atoms with Crippen LogP contribution in [0.15, 0.2) is 30.5 Å². The first-order valence-electron chi connectivity index (χ1n) is 6.38. The van der Waals surface area contributed by atoms with Crippen molar-refractivity contribution >= 4 is 5.69 Å². The molecule has 0 spiro atoms. The SMILES string of the molecule is COc1c(C)cnc(CNc2ccc(C#N)cc2)c1C. The number of ether oxygens (including phenoxy) is 1. The molecule has 0 saturated heterocycles. The number of nitrogens with one attached hydrogen (secondary N) is 1. The number of aromatic nitrogens is 1. The lowest BCUT2D eigenvalue weighted by atomic mass is 10.1. The minimum atomic E-state index is 0.619. The molecule has 0 radical (unpaired) electrons. The van der Waals surface area contributed by atoms with Gasteiger partial charge in [0.25, 0.3) is 0 Å². The first-order chi connectivity index (χ1) is 9.65. The van der Waals surface area contributed by atoms with E-state index >= 15 is 0 Å². The van der Waals surface area contributed by atoms with Crippen molar-refractivity contribution in [2.24, 2.45) is 0 Å². The third kappa shape index (κ3) is 2.89. The summed E-state index contributed by atoms with van der Waals surface area (Å²) in [6, 6.07) is 9.46. The maximum Gasteiger partial charge on any atom is 0.128 e. The third-order valence-electron chi connectivity index (χ3n) is 3.22. The Kier molecular flexibility index (Phi) is 4.21. The number of hydrogen-bond donors (Lipinski definition) is 1. The van der Waals surface area contributed by atoms with Crippen LogP contribution >= 0.6 is 0 Å². The van der Waals surface area contributed by atoms with Gasteiger partial charge in [0.15, 0.2) is 0 Å². The van der Waals surface area contributed by atoms with E-state index in [1.165, 1.54) is 0 Å². The molecule has 0 bridgehead atoms. The Labute approximate surface area is 119 Å². The Morgan fingerprint density at radius 2 is 1.95 bits per heavy atom. The van der Waals surface area contributed by atoms with Gasteiger partial charge in [-0.25, -0.2) is 0 Å². The molecule has 0 aliphatic heterocycles. The molecule has 1 N–H and O–H groups in total. The summed E-state index contributed by atoms with van der Waals surface area (Å²) in [7, 11) is 1.67.